The highest BCUT2D eigenvalue weighted by atomic mass is 16.2. The second-order valence-corrected chi connectivity index (χ2v) is 7.81. The largest absolute Gasteiger partial charge is 0.335 e. The van der Waals surface area contributed by atoms with E-state index >= 15 is 0 Å². The third-order valence-electron chi connectivity index (χ3n) is 5.75. The number of piperazine rings is 1. The van der Waals surface area contributed by atoms with E-state index in [0.717, 1.165) is 18.7 Å². The van der Waals surface area contributed by atoms with Gasteiger partial charge in [-0.15, -0.1) is 0 Å². The highest BCUT2D eigenvalue weighted by Crippen LogP contribution is 2.14. The van der Waals surface area contributed by atoms with Crippen LogP contribution >= 0.6 is 0 Å². The van der Waals surface area contributed by atoms with Crippen LogP contribution < -0.4 is 11.2 Å². The Hall–Kier alpha value is -3.27. The zero-order valence-electron chi connectivity index (χ0n) is 17.9. The van der Waals surface area contributed by atoms with Crippen molar-refractivity contribution in [3.05, 3.63) is 56.8 Å². The van der Waals surface area contributed by atoms with Gasteiger partial charge in [-0.3, -0.25) is 29.0 Å². The fraction of sp³-hybridized carbons (Fsp3) is 0.476. The number of hydrogen-bond donors (Lipinski definition) is 1. The number of carbonyl (C=O) groups excluding carboxylic acids is 1. The summed E-state index contributed by atoms with van der Waals surface area (Å²) in [5, 5.41) is 0. The van der Waals surface area contributed by atoms with E-state index in [9.17, 15) is 14.4 Å². The topological polar surface area (TPSA) is 109 Å². The van der Waals surface area contributed by atoms with Crippen LogP contribution in [0.15, 0.2) is 34.0 Å². The smallest absolute Gasteiger partial charge is 0.330 e. The number of carbonyl (C=O) groups is 1. The molecule has 10 heteroatoms. The van der Waals surface area contributed by atoms with Gasteiger partial charge in [0.25, 0.3) is 11.5 Å². The lowest BCUT2D eigenvalue weighted by molar-refractivity contribution is 0.0619. The van der Waals surface area contributed by atoms with Gasteiger partial charge in [-0.05, 0) is 18.6 Å². The third-order valence-corrected chi connectivity index (χ3v) is 5.75. The van der Waals surface area contributed by atoms with Crippen molar-refractivity contribution in [2.24, 2.45) is 7.05 Å². The van der Waals surface area contributed by atoms with Crippen LogP contribution in [-0.2, 0) is 20.1 Å². The van der Waals surface area contributed by atoms with Gasteiger partial charge in [-0.2, -0.15) is 0 Å². The van der Waals surface area contributed by atoms with E-state index in [0.29, 0.717) is 56.1 Å². The van der Waals surface area contributed by atoms with Crippen molar-refractivity contribution in [3.63, 3.8) is 0 Å². The van der Waals surface area contributed by atoms with E-state index in [2.05, 4.69) is 26.8 Å². The summed E-state index contributed by atoms with van der Waals surface area (Å²) in [6, 6.07) is 5.33. The highest BCUT2D eigenvalue weighted by molar-refractivity contribution is 5.92. The fourth-order valence-corrected chi connectivity index (χ4v) is 3.92. The van der Waals surface area contributed by atoms with Gasteiger partial charge in [-0.1, -0.05) is 19.4 Å². The molecule has 1 aliphatic rings. The first-order valence-electron chi connectivity index (χ1n) is 10.6. The molecule has 0 spiro atoms. The zero-order chi connectivity index (χ0) is 22.0. The number of aromatic nitrogens is 5. The van der Waals surface area contributed by atoms with E-state index in [1.54, 1.807) is 39.4 Å². The Bertz CT molecular complexity index is 1190. The van der Waals surface area contributed by atoms with Crippen molar-refractivity contribution < 1.29 is 4.79 Å². The first kappa shape index (κ1) is 21.0. The maximum atomic E-state index is 12.6. The molecule has 164 valence electrons. The summed E-state index contributed by atoms with van der Waals surface area (Å²) in [6.45, 7) is 5.70. The van der Waals surface area contributed by atoms with E-state index in [1.165, 1.54) is 0 Å². The molecular weight excluding hydrogens is 398 g/mol. The highest BCUT2D eigenvalue weighted by Gasteiger charge is 2.24. The molecule has 0 radical (unpaired) electrons. The fourth-order valence-electron chi connectivity index (χ4n) is 3.92. The van der Waals surface area contributed by atoms with Crippen LogP contribution in [-0.4, -0.2) is 66.0 Å². The number of amides is 1. The average molecular weight is 425 g/mol. The second kappa shape index (κ2) is 8.84. The lowest BCUT2D eigenvalue weighted by Crippen LogP contribution is -2.48. The average Bonchev–Trinajstić information content (AvgIpc) is 3.10. The normalized spacial score (nSPS) is 15.0. The minimum absolute atomic E-state index is 0.0607. The molecule has 0 atom stereocenters. The predicted octanol–water partition coefficient (Wildman–Crippen LogP) is 0.576. The monoisotopic (exact) mass is 425 g/mol. The third kappa shape index (κ3) is 4.15. The molecular formula is C21H27N7O3. The van der Waals surface area contributed by atoms with Crippen LogP contribution in [0.4, 0.5) is 0 Å². The lowest BCUT2D eigenvalue weighted by Gasteiger charge is -2.34. The van der Waals surface area contributed by atoms with E-state index < -0.39 is 11.2 Å². The van der Waals surface area contributed by atoms with Gasteiger partial charge in [0, 0.05) is 46.0 Å². The summed E-state index contributed by atoms with van der Waals surface area (Å²) < 4.78 is 3.31. The molecule has 4 heterocycles. The molecule has 3 aromatic heterocycles. The van der Waals surface area contributed by atoms with Crippen LogP contribution in [0.3, 0.4) is 0 Å². The molecule has 0 unspecified atom stereocenters. The molecule has 1 fully saturated rings. The van der Waals surface area contributed by atoms with Crippen molar-refractivity contribution in [1.82, 2.24) is 33.9 Å². The first-order chi connectivity index (χ1) is 15.0. The molecule has 10 nitrogen and oxygen atoms in total. The molecule has 0 bridgehead atoms. The van der Waals surface area contributed by atoms with Gasteiger partial charge in [0.05, 0.1) is 6.54 Å². The second-order valence-electron chi connectivity index (χ2n) is 7.81. The lowest BCUT2D eigenvalue weighted by atomic mass is 10.2. The van der Waals surface area contributed by atoms with Crippen molar-refractivity contribution in [2.75, 3.05) is 26.2 Å². The Morgan fingerprint density at radius 1 is 1.16 bits per heavy atom. The number of aromatic amines is 1. The maximum absolute atomic E-state index is 12.6. The van der Waals surface area contributed by atoms with E-state index in [4.69, 9.17) is 0 Å². The van der Waals surface area contributed by atoms with Crippen LogP contribution in [0.2, 0.25) is 0 Å². The van der Waals surface area contributed by atoms with Crippen LogP contribution in [0.25, 0.3) is 11.2 Å². The van der Waals surface area contributed by atoms with Crippen LogP contribution in [0.5, 0.6) is 0 Å². The summed E-state index contributed by atoms with van der Waals surface area (Å²) in [7, 11) is 1.80. The van der Waals surface area contributed by atoms with Crippen molar-refractivity contribution >= 4 is 17.1 Å². The number of fused-ring (bicyclic) bond motifs is 1. The number of hydrogen-bond acceptors (Lipinski definition) is 6. The van der Waals surface area contributed by atoms with Gasteiger partial charge in [0.1, 0.15) is 11.5 Å². The van der Waals surface area contributed by atoms with Gasteiger partial charge < -0.3 is 9.47 Å². The van der Waals surface area contributed by atoms with E-state index in [-0.39, 0.29) is 5.91 Å². The van der Waals surface area contributed by atoms with Crippen LogP contribution in [0, 0.1) is 0 Å². The predicted molar refractivity (Wildman–Crippen MR) is 116 cm³/mol. The number of rotatable bonds is 6. The molecule has 1 aliphatic heterocycles. The van der Waals surface area contributed by atoms with Gasteiger partial charge in [0.15, 0.2) is 11.2 Å². The number of pyridine rings is 1. The van der Waals surface area contributed by atoms with Gasteiger partial charge in [0.2, 0.25) is 0 Å². The van der Waals surface area contributed by atoms with Crippen molar-refractivity contribution in [1.29, 1.82) is 0 Å². The quantitative estimate of drug-likeness (QED) is 0.619. The molecule has 0 aliphatic carbocycles. The summed E-state index contributed by atoms with van der Waals surface area (Å²) in [5.74, 6) is 0.662. The standard InChI is InChI=1S/C21H27N7O3/c1-3-4-9-28-18-17(19(29)24-21(28)31)25(2)16(23-18)14-26-10-12-27(13-11-26)20(30)15-7-5-6-8-22-15/h5-8H,3-4,9-14H2,1-2H3,(H,24,29,31). The SMILES string of the molecule is CCCCn1c(=O)[nH]c(=O)c2c1nc(CN1CCN(C(=O)c3ccccn3)CC1)n2C. The van der Waals surface area contributed by atoms with Crippen LogP contribution in [0.1, 0.15) is 36.1 Å². The van der Waals surface area contributed by atoms with Crippen molar-refractivity contribution in [3.8, 4) is 0 Å². The molecule has 0 aromatic carbocycles. The molecule has 1 saturated heterocycles. The number of H-pyrrole nitrogens is 1. The Labute approximate surface area is 179 Å². The Morgan fingerprint density at radius 3 is 2.61 bits per heavy atom. The molecule has 4 rings (SSSR count). The molecule has 1 amide bonds. The van der Waals surface area contributed by atoms with Gasteiger partial charge >= 0.3 is 5.69 Å². The Morgan fingerprint density at radius 2 is 1.94 bits per heavy atom. The number of imidazole rings is 1. The molecule has 1 N–H and O–H groups in total. The van der Waals surface area contributed by atoms with Gasteiger partial charge in [-0.25, -0.2) is 9.78 Å². The molecule has 31 heavy (non-hydrogen) atoms. The minimum Gasteiger partial charge on any atom is -0.335 e. The van der Waals surface area contributed by atoms with Crippen molar-refractivity contribution in [2.45, 2.75) is 32.9 Å². The molecule has 0 saturated carbocycles. The Kier molecular flexibility index (Phi) is 5.99. The summed E-state index contributed by atoms with van der Waals surface area (Å²) in [6.07, 6.45) is 3.39. The first-order valence-corrected chi connectivity index (χ1v) is 10.6. The number of unbranched alkanes of at least 4 members (excludes halogenated alkanes) is 1. The Balaban J connectivity index is 1.50. The number of nitrogens with one attached hydrogen (secondary N) is 1. The zero-order valence-corrected chi connectivity index (χ0v) is 17.9. The minimum atomic E-state index is -0.419. The maximum Gasteiger partial charge on any atom is 0.330 e. The number of nitrogens with zero attached hydrogens (tertiary/aromatic N) is 6. The summed E-state index contributed by atoms with van der Waals surface area (Å²) in [5.41, 5.74) is 0.464. The summed E-state index contributed by atoms with van der Waals surface area (Å²) >= 11 is 0. The summed E-state index contributed by atoms with van der Waals surface area (Å²) in [4.78, 5) is 52.5. The van der Waals surface area contributed by atoms with E-state index in [1.807, 2.05) is 6.07 Å². The molecule has 3 aromatic rings. The number of aryl methyl sites for hydroxylation is 2.